The minimum Gasteiger partial charge on any atom is -0.457 e. The lowest BCUT2D eigenvalue weighted by molar-refractivity contribution is -0.118. The summed E-state index contributed by atoms with van der Waals surface area (Å²) in [5, 5.41) is 5.20. The lowest BCUT2D eigenvalue weighted by Gasteiger charge is -2.24. The van der Waals surface area contributed by atoms with Gasteiger partial charge in [0, 0.05) is 40.0 Å². The van der Waals surface area contributed by atoms with Crippen LogP contribution in [0.1, 0.15) is 32.5 Å². The van der Waals surface area contributed by atoms with Crippen LogP contribution in [0.5, 0.6) is 0 Å². The minimum absolute atomic E-state index is 0.0203. The highest BCUT2D eigenvalue weighted by Gasteiger charge is 2.31. The molecule has 7 rings (SSSR count). The minimum atomic E-state index is -0.516. The van der Waals surface area contributed by atoms with Crippen LogP contribution < -0.4 is 15.5 Å². The smallest absolute Gasteiger partial charge is 0.272 e. The number of rotatable bonds is 10. The van der Waals surface area contributed by atoms with Crippen molar-refractivity contribution < 1.29 is 18.8 Å². The van der Waals surface area contributed by atoms with Crippen molar-refractivity contribution in [3.05, 3.63) is 180 Å². The van der Waals surface area contributed by atoms with Gasteiger partial charge in [-0.1, -0.05) is 97.1 Å². The Morgan fingerprint density at radius 1 is 0.720 bits per heavy atom. The van der Waals surface area contributed by atoms with Crippen LogP contribution in [0, 0.1) is 0 Å². The Kier molecular flexibility index (Phi) is 9.71. The molecule has 1 atom stereocenters. The van der Waals surface area contributed by atoms with Crippen LogP contribution >= 0.6 is 11.8 Å². The summed E-state index contributed by atoms with van der Waals surface area (Å²) in [7, 11) is 0. The third kappa shape index (κ3) is 7.46. The average Bonchev–Trinajstić information content (AvgIpc) is 3.83. The first kappa shape index (κ1) is 32.4. The molecule has 0 unspecified atom stereocenters. The third-order valence-corrected chi connectivity index (χ3v) is 9.60. The van der Waals surface area contributed by atoms with Gasteiger partial charge in [-0.05, 0) is 72.1 Å². The molecule has 1 aromatic heterocycles. The lowest BCUT2D eigenvalue weighted by atomic mass is 10.1. The molecule has 0 spiro atoms. The van der Waals surface area contributed by atoms with Crippen LogP contribution in [-0.4, -0.2) is 24.3 Å². The van der Waals surface area contributed by atoms with Crippen molar-refractivity contribution in [1.82, 2.24) is 5.32 Å². The van der Waals surface area contributed by atoms with Crippen LogP contribution in [0.4, 0.5) is 11.4 Å². The van der Waals surface area contributed by atoms with Gasteiger partial charge in [-0.3, -0.25) is 14.4 Å². The largest absolute Gasteiger partial charge is 0.457 e. The highest BCUT2D eigenvalue weighted by atomic mass is 32.2. The maximum atomic E-state index is 14.0. The second-order valence-electron chi connectivity index (χ2n) is 11.7. The summed E-state index contributed by atoms with van der Waals surface area (Å²) in [6, 6.07) is 47.1. The third-order valence-electron chi connectivity index (χ3n) is 8.35. The molecule has 50 heavy (non-hydrogen) atoms. The van der Waals surface area contributed by atoms with Gasteiger partial charge >= 0.3 is 0 Å². The molecule has 2 heterocycles. The van der Waals surface area contributed by atoms with E-state index in [1.807, 2.05) is 108 Å². The van der Waals surface area contributed by atoms with Crippen LogP contribution in [0.2, 0.25) is 0 Å². The second-order valence-corrected chi connectivity index (χ2v) is 12.9. The number of fused-ring (bicyclic) bond motifs is 1. The fourth-order valence-corrected chi connectivity index (χ4v) is 6.91. The molecule has 246 valence electrons. The molecule has 2 N–H and O–H groups in total. The number of nitrogens with one attached hydrogen (secondary N) is 2. The molecular formula is C42H33N3O4S. The fraction of sp³-hybridized carbons (Fsp3) is 0.0714. The summed E-state index contributed by atoms with van der Waals surface area (Å²) in [6.07, 6.45) is 2.35. The predicted octanol–water partition coefficient (Wildman–Crippen LogP) is 8.78. The number of para-hydroxylation sites is 1. The predicted molar refractivity (Wildman–Crippen MR) is 199 cm³/mol. The van der Waals surface area contributed by atoms with Gasteiger partial charge < -0.3 is 20.0 Å². The molecule has 3 amide bonds. The van der Waals surface area contributed by atoms with Gasteiger partial charge in [-0.2, -0.15) is 0 Å². The molecule has 0 bridgehead atoms. The van der Waals surface area contributed by atoms with Gasteiger partial charge in [0.1, 0.15) is 22.5 Å². The monoisotopic (exact) mass is 675 g/mol. The van der Waals surface area contributed by atoms with Crippen molar-refractivity contribution in [2.24, 2.45) is 0 Å². The van der Waals surface area contributed by atoms with Crippen molar-refractivity contribution in [3.63, 3.8) is 0 Å². The van der Waals surface area contributed by atoms with Crippen LogP contribution in [0.25, 0.3) is 17.4 Å². The number of anilines is 2. The zero-order valence-corrected chi connectivity index (χ0v) is 27.8. The molecule has 0 radical (unpaired) electrons. The van der Waals surface area contributed by atoms with E-state index in [2.05, 4.69) is 16.7 Å². The van der Waals surface area contributed by atoms with Gasteiger partial charge in [-0.25, -0.2) is 0 Å². The number of nitrogens with zero attached hydrogens (tertiary/aromatic N) is 1. The van der Waals surface area contributed by atoms with Crippen molar-refractivity contribution >= 4 is 46.9 Å². The zero-order chi connectivity index (χ0) is 34.3. The molecule has 5 aromatic carbocycles. The van der Waals surface area contributed by atoms with Crippen LogP contribution in [-0.2, 0) is 16.0 Å². The fourth-order valence-electron chi connectivity index (χ4n) is 5.82. The highest BCUT2D eigenvalue weighted by Crippen LogP contribution is 2.40. The van der Waals surface area contributed by atoms with Gasteiger partial charge in [0.05, 0.1) is 0 Å². The molecule has 1 aliphatic rings. The summed E-state index contributed by atoms with van der Waals surface area (Å²) < 4.78 is 6.01. The Balaban J connectivity index is 1.10. The van der Waals surface area contributed by atoms with E-state index in [0.29, 0.717) is 29.3 Å². The average molecular weight is 676 g/mol. The number of amides is 3. The molecule has 0 aliphatic carbocycles. The zero-order valence-electron chi connectivity index (χ0n) is 27.0. The molecule has 7 nitrogen and oxygen atoms in total. The van der Waals surface area contributed by atoms with Gasteiger partial charge in [-0.15, -0.1) is 11.8 Å². The first-order chi connectivity index (χ1) is 24.5. The molecule has 1 aliphatic heterocycles. The van der Waals surface area contributed by atoms with Crippen molar-refractivity contribution in [2.45, 2.75) is 16.6 Å². The Morgan fingerprint density at radius 3 is 2.12 bits per heavy atom. The lowest BCUT2D eigenvalue weighted by Crippen LogP contribution is -2.32. The summed E-state index contributed by atoms with van der Waals surface area (Å²) in [5.74, 6) is 0.135. The van der Waals surface area contributed by atoms with E-state index in [1.54, 1.807) is 42.5 Å². The van der Waals surface area contributed by atoms with Crippen molar-refractivity contribution in [3.8, 4) is 11.3 Å². The van der Waals surface area contributed by atoms with Gasteiger partial charge in [0.15, 0.2) is 0 Å². The number of hydrogen-bond donors (Lipinski definition) is 2. The van der Waals surface area contributed by atoms with E-state index in [9.17, 15) is 14.4 Å². The van der Waals surface area contributed by atoms with Gasteiger partial charge in [0.2, 0.25) is 5.91 Å². The van der Waals surface area contributed by atoms with Crippen LogP contribution in [0.15, 0.2) is 167 Å². The number of furan rings is 1. The van der Waals surface area contributed by atoms with E-state index in [4.69, 9.17) is 4.42 Å². The quantitative estimate of drug-likeness (QED) is 0.112. The number of thioether (sulfide) groups is 1. The molecule has 0 fully saturated rings. The normalized spacial score (nSPS) is 13.0. The Labute approximate surface area is 294 Å². The number of hydrogen-bond acceptors (Lipinski definition) is 5. The van der Waals surface area contributed by atoms with Gasteiger partial charge in [0.25, 0.3) is 11.8 Å². The Hall–Kier alpha value is -6.12. The van der Waals surface area contributed by atoms with E-state index in [1.165, 1.54) is 23.4 Å². The first-order valence-electron chi connectivity index (χ1n) is 16.3. The SMILES string of the molecule is O=C(Nc1ccc(S[C@H](C(=O)N2CCc3ccccc32)c2ccccc2)cc1)/C(=C/c1ccc(-c2ccccc2)o1)NC(=O)c1ccccc1. The summed E-state index contributed by atoms with van der Waals surface area (Å²) in [4.78, 5) is 43.5. The summed E-state index contributed by atoms with van der Waals surface area (Å²) in [5.41, 5.74) is 4.91. The molecule has 6 aromatic rings. The summed E-state index contributed by atoms with van der Waals surface area (Å²) >= 11 is 1.47. The number of benzene rings is 5. The highest BCUT2D eigenvalue weighted by molar-refractivity contribution is 8.00. The Bertz CT molecular complexity index is 2150. The first-order valence-corrected chi connectivity index (χ1v) is 17.2. The van der Waals surface area contributed by atoms with E-state index >= 15 is 0 Å². The van der Waals surface area contributed by atoms with E-state index < -0.39 is 17.1 Å². The van der Waals surface area contributed by atoms with Crippen molar-refractivity contribution in [1.29, 1.82) is 0 Å². The standard InChI is InChI=1S/C42H33N3O4S/c46-40(32-17-8-3-9-18-32)44-36(28-34-22-25-38(49-34)30-13-4-1-5-14-30)41(47)43-33-20-23-35(24-21-33)50-39(31-15-6-2-7-16-31)42(48)45-27-26-29-12-10-11-19-37(29)45/h1-25,28,39H,26-27H2,(H,43,47)(H,44,46)/b36-28-/t39-/m0/s1. The van der Waals surface area contributed by atoms with E-state index in [-0.39, 0.29) is 11.6 Å². The molecule has 8 heteroatoms. The number of carbonyl (C=O) groups excluding carboxylic acids is 3. The maximum Gasteiger partial charge on any atom is 0.272 e. The van der Waals surface area contributed by atoms with Crippen molar-refractivity contribution in [2.75, 3.05) is 16.8 Å². The number of carbonyl (C=O) groups is 3. The van der Waals surface area contributed by atoms with Crippen LogP contribution in [0.3, 0.4) is 0 Å². The molecular weight excluding hydrogens is 643 g/mol. The van der Waals surface area contributed by atoms with E-state index in [0.717, 1.165) is 28.1 Å². The topological polar surface area (TPSA) is 91.7 Å². The summed E-state index contributed by atoms with van der Waals surface area (Å²) in [6.45, 7) is 0.648. The Morgan fingerprint density at radius 2 is 1.38 bits per heavy atom. The molecule has 0 saturated heterocycles. The molecule has 0 saturated carbocycles. The second kappa shape index (κ2) is 15.0. The maximum absolute atomic E-state index is 14.0.